The van der Waals surface area contributed by atoms with Gasteiger partial charge in [0.1, 0.15) is 16.7 Å². The Kier molecular flexibility index (Phi) is 5.01. The van der Waals surface area contributed by atoms with E-state index < -0.39 is 22.2 Å². The SMILES string of the molecule is CCOc1ccccc1S(=O)(=O)N1CCCCC1C(F)(F)F. The van der Waals surface area contributed by atoms with E-state index in [1.54, 1.807) is 13.0 Å². The van der Waals surface area contributed by atoms with E-state index in [-0.39, 0.29) is 30.2 Å². The first-order chi connectivity index (χ1) is 10.3. The third kappa shape index (κ3) is 3.38. The fourth-order valence-electron chi connectivity index (χ4n) is 2.58. The van der Waals surface area contributed by atoms with Gasteiger partial charge in [-0.25, -0.2) is 8.42 Å². The summed E-state index contributed by atoms with van der Waals surface area (Å²) in [6.07, 6.45) is -4.00. The second kappa shape index (κ2) is 6.45. The zero-order valence-corrected chi connectivity index (χ0v) is 13.0. The van der Waals surface area contributed by atoms with Crippen molar-refractivity contribution in [2.75, 3.05) is 13.2 Å². The van der Waals surface area contributed by atoms with Crippen molar-refractivity contribution in [3.05, 3.63) is 24.3 Å². The number of hydrogen-bond acceptors (Lipinski definition) is 3. The van der Waals surface area contributed by atoms with Crippen molar-refractivity contribution in [3.63, 3.8) is 0 Å². The van der Waals surface area contributed by atoms with Gasteiger partial charge in [0.2, 0.25) is 10.0 Å². The second-order valence-electron chi connectivity index (χ2n) is 5.05. The molecule has 1 fully saturated rings. The van der Waals surface area contributed by atoms with Gasteiger partial charge in [0.05, 0.1) is 6.61 Å². The van der Waals surface area contributed by atoms with E-state index in [4.69, 9.17) is 4.74 Å². The van der Waals surface area contributed by atoms with Gasteiger partial charge in [-0.15, -0.1) is 0 Å². The quantitative estimate of drug-likeness (QED) is 0.848. The Bertz CT molecular complexity index is 616. The lowest BCUT2D eigenvalue weighted by atomic mass is 10.0. The zero-order valence-electron chi connectivity index (χ0n) is 12.1. The van der Waals surface area contributed by atoms with E-state index in [9.17, 15) is 21.6 Å². The second-order valence-corrected chi connectivity index (χ2v) is 6.91. The van der Waals surface area contributed by atoms with E-state index >= 15 is 0 Å². The Morgan fingerprint density at radius 1 is 1.27 bits per heavy atom. The number of ether oxygens (including phenoxy) is 1. The molecule has 4 nitrogen and oxygen atoms in total. The van der Waals surface area contributed by atoms with E-state index in [1.165, 1.54) is 18.2 Å². The van der Waals surface area contributed by atoms with Crippen LogP contribution < -0.4 is 4.74 Å². The average Bonchev–Trinajstić information content (AvgIpc) is 2.47. The summed E-state index contributed by atoms with van der Waals surface area (Å²) in [6.45, 7) is 1.78. The average molecular weight is 337 g/mol. The molecular formula is C14H18F3NO3S. The van der Waals surface area contributed by atoms with Crippen LogP contribution in [-0.4, -0.2) is 38.1 Å². The van der Waals surface area contributed by atoms with Crippen molar-refractivity contribution in [2.45, 2.75) is 43.3 Å². The van der Waals surface area contributed by atoms with Crippen molar-refractivity contribution in [3.8, 4) is 5.75 Å². The molecule has 1 aliphatic rings. The largest absolute Gasteiger partial charge is 0.492 e. The number of benzene rings is 1. The molecule has 0 amide bonds. The van der Waals surface area contributed by atoms with Crippen molar-refractivity contribution >= 4 is 10.0 Å². The van der Waals surface area contributed by atoms with Crippen LogP contribution >= 0.6 is 0 Å². The normalized spacial score (nSPS) is 20.8. The van der Waals surface area contributed by atoms with E-state index in [1.807, 2.05) is 0 Å². The minimum absolute atomic E-state index is 0.0801. The van der Waals surface area contributed by atoms with Gasteiger partial charge in [-0.05, 0) is 31.9 Å². The van der Waals surface area contributed by atoms with Gasteiger partial charge in [0.25, 0.3) is 0 Å². The van der Waals surface area contributed by atoms with Crippen LogP contribution in [0, 0.1) is 0 Å². The van der Waals surface area contributed by atoms with E-state index in [0.29, 0.717) is 17.1 Å². The molecule has 0 radical (unpaired) electrons. The Morgan fingerprint density at radius 3 is 2.59 bits per heavy atom. The summed E-state index contributed by atoms with van der Waals surface area (Å²) in [5.74, 6) is 0.0801. The Hall–Kier alpha value is -1.28. The fraction of sp³-hybridized carbons (Fsp3) is 0.571. The van der Waals surface area contributed by atoms with Crippen molar-refractivity contribution in [2.24, 2.45) is 0 Å². The highest BCUT2D eigenvalue weighted by atomic mass is 32.2. The lowest BCUT2D eigenvalue weighted by Gasteiger charge is -2.35. The first-order valence-corrected chi connectivity index (χ1v) is 8.53. The molecule has 1 aromatic carbocycles. The van der Waals surface area contributed by atoms with Gasteiger partial charge in [-0.1, -0.05) is 18.6 Å². The number of para-hydroxylation sites is 1. The molecule has 1 heterocycles. The number of sulfonamides is 1. The molecule has 1 aliphatic heterocycles. The highest BCUT2D eigenvalue weighted by Crippen LogP contribution is 2.37. The summed E-state index contributed by atoms with van der Waals surface area (Å²) >= 11 is 0. The summed E-state index contributed by atoms with van der Waals surface area (Å²) in [5.41, 5.74) is 0. The first-order valence-electron chi connectivity index (χ1n) is 7.09. The molecule has 0 spiro atoms. The Balaban J connectivity index is 2.44. The molecule has 0 aliphatic carbocycles. The number of piperidine rings is 1. The van der Waals surface area contributed by atoms with Crippen molar-refractivity contribution in [1.29, 1.82) is 0 Å². The van der Waals surface area contributed by atoms with E-state index in [0.717, 1.165) is 0 Å². The predicted octanol–water partition coefficient (Wildman–Crippen LogP) is 3.19. The van der Waals surface area contributed by atoms with Crippen LogP contribution in [0.4, 0.5) is 13.2 Å². The number of rotatable bonds is 4. The lowest BCUT2D eigenvalue weighted by molar-refractivity contribution is -0.177. The number of halogens is 3. The van der Waals surface area contributed by atoms with Gasteiger partial charge >= 0.3 is 6.18 Å². The fourth-order valence-corrected chi connectivity index (χ4v) is 4.40. The minimum atomic E-state index is -4.58. The van der Waals surface area contributed by atoms with Crippen LogP contribution in [0.2, 0.25) is 0 Å². The van der Waals surface area contributed by atoms with Gasteiger partial charge in [-0.3, -0.25) is 0 Å². The number of hydrogen-bond donors (Lipinski definition) is 0. The standard InChI is InChI=1S/C14H18F3NO3S/c1-2-21-11-7-3-4-8-12(11)22(19,20)18-10-6-5-9-13(18)14(15,16)17/h3-4,7-8,13H,2,5-6,9-10H2,1H3. The van der Waals surface area contributed by atoms with Crippen LogP contribution in [0.15, 0.2) is 29.2 Å². The third-order valence-electron chi connectivity index (χ3n) is 3.57. The van der Waals surface area contributed by atoms with Crippen LogP contribution in [0.3, 0.4) is 0 Å². The summed E-state index contributed by atoms with van der Waals surface area (Å²) in [5, 5.41) is 0. The lowest BCUT2D eigenvalue weighted by Crippen LogP contribution is -2.51. The topological polar surface area (TPSA) is 46.6 Å². The molecule has 124 valence electrons. The summed E-state index contributed by atoms with van der Waals surface area (Å²) in [4.78, 5) is -0.215. The first kappa shape index (κ1) is 17.1. The maximum atomic E-state index is 13.1. The highest BCUT2D eigenvalue weighted by Gasteiger charge is 2.49. The highest BCUT2D eigenvalue weighted by molar-refractivity contribution is 7.89. The molecule has 1 unspecified atom stereocenters. The molecular weight excluding hydrogens is 319 g/mol. The molecule has 0 aromatic heterocycles. The summed E-state index contributed by atoms with van der Waals surface area (Å²) in [7, 11) is -4.26. The van der Waals surface area contributed by atoms with Crippen molar-refractivity contribution in [1.82, 2.24) is 4.31 Å². The number of nitrogens with zero attached hydrogens (tertiary/aromatic N) is 1. The third-order valence-corrected chi connectivity index (χ3v) is 5.51. The van der Waals surface area contributed by atoms with Crippen LogP contribution in [0.1, 0.15) is 26.2 Å². The van der Waals surface area contributed by atoms with Crippen LogP contribution in [-0.2, 0) is 10.0 Å². The van der Waals surface area contributed by atoms with Gasteiger partial charge in [0, 0.05) is 6.54 Å². The Labute approximate surface area is 127 Å². The zero-order chi connectivity index (χ0) is 16.4. The molecule has 22 heavy (non-hydrogen) atoms. The monoisotopic (exact) mass is 337 g/mol. The Morgan fingerprint density at radius 2 is 1.95 bits per heavy atom. The van der Waals surface area contributed by atoms with Gasteiger partial charge in [-0.2, -0.15) is 17.5 Å². The molecule has 0 N–H and O–H groups in total. The molecule has 1 saturated heterocycles. The minimum Gasteiger partial charge on any atom is -0.492 e. The van der Waals surface area contributed by atoms with Crippen LogP contribution in [0.5, 0.6) is 5.75 Å². The molecule has 0 saturated carbocycles. The maximum absolute atomic E-state index is 13.1. The molecule has 8 heteroatoms. The van der Waals surface area contributed by atoms with E-state index in [2.05, 4.69) is 0 Å². The van der Waals surface area contributed by atoms with Crippen molar-refractivity contribution < 1.29 is 26.3 Å². The van der Waals surface area contributed by atoms with Gasteiger partial charge in [0.15, 0.2) is 0 Å². The summed E-state index contributed by atoms with van der Waals surface area (Å²) in [6, 6.07) is 3.82. The summed E-state index contributed by atoms with van der Waals surface area (Å²) < 4.78 is 70.6. The van der Waals surface area contributed by atoms with Gasteiger partial charge < -0.3 is 4.74 Å². The number of alkyl halides is 3. The maximum Gasteiger partial charge on any atom is 0.405 e. The predicted molar refractivity (Wildman–Crippen MR) is 75.2 cm³/mol. The smallest absolute Gasteiger partial charge is 0.405 e. The van der Waals surface area contributed by atoms with Crippen LogP contribution in [0.25, 0.3) is 0 Å². The molecule has 1 aromatic rings. The molecule has 2 rings (SSSR count). The molecule has 1 atom stereocenters. The molecule has 0 bridgehead atoms.